The maximum Gasteiger partial charge on any atom is 0.263 e. The van der Waals surface area contributed by atoms with Gasteiger partial charge in [-0.15, -0.1) is 0 Å². The summed E-state index contributed by atoms with van der Waals surface area (Å²) in [6, 6.07) is 9.70. The van der Waals surface area contributed by atoms with Gasteiger partial charge in [0.05, 0.1) is 12.6 Å². The average Bonchev–Trinajstić information content (AvgIpc) is 3.31. The van der Waals surface area contributed by atoms with Crippen LogP contribution in [0.3, 0.4) is 0 Å². The predicted molar refractivity (Wildman–Crippen MR) is 121 cm³/mol. The number of aromatic nitrogens is 1. The van der Waals surface area contributed by atoms with Gasteiger partial charge in [0.15, 0.2) is 0 Å². The maximum absolute atomic E-state index is 13.5. The summed E-state index contributed by atoms with van der Waals surface area (Å²) in [7, 11) is 0. The van der Waals surface area contributed by atoms with Crippen LogP contribution in [-0.4, -0.2) is 57.0 Å². The van der Waals surface area contributed by atoms with Crippen molar-refractivity contribution in [1.82, 2.24) is 14.4 Å². The zero-order chi connectivity index (χ0) is 22.7. The number of fused-ring (bicyclic) bond motifs is 1. The van der Waals surface area contributed by atoms with Crippen molar-refractivity contribution in [2.45, 2.75) is 58.2 Å². The van der Waals surface area contributed by atoms with E-state index in [1.165, 1.54) is 0 Å². The SMILES string of the molecule is CCC(=O)N1CCc2c(cn(CCc3ccccc3)c(=O)c2C(=O)N2CCC[C@@H]2CO)C1. The Kier molecular flexibility index (Phi) is 6.74. The third-order valence-electron chi connectivity index (χ3n) is 6.67. The van der Waals surface area contributed by atoms with Gasteiger partial charge in [0.1, 0.15) is 5.56 Å². The number of benzene rings is 1. The zero-order valence-electron chi connectivity index (χ0n) is 18.6. The Morgan fingerprint density at radius 3 is 2.66 bits per heavy atom. The number of carbonyl (C=O) groups excluding carboxylic acids is 2. The largest absolute Gasteiger partial charge is 0.394 e. The Morgan fingerprint density at radius 1 is 1.16 bits per heavy atom. The van der Waals surface area contributed by atoms with Crippen LogP contribution in [0.2, 0.25) is 0 Å². The van der Waals surface area contributed by atoms with Crippen molar-refractivity contribution in [3.8, 4) is 0 Å². The molecule has 1 saturated heterocycles. The van der Waals surface area contributed by atoms with Gasteiger partial charge < -0.3 is 19.5 Å². The highest BCUT2D eigenvalue weighted by molar-refractivity contribution is 5.96. The van der Waals surface area contributed by atoms with Crippen molar-refractivity contribution in [2.75, 3.05) is 19.7 Å². The molecule has 170 valence electrons. The number of rotatable bonds is 6. The highest BCUT2D eigenvalue weighted by Gasteiger charge is 2.34. The van der Waals surface area contributed by atoms with Gasteiger partial charge in [-0.25, -0.2) is 0 Å². The monoisotopic (exact) mass is 437 g/mol. The molecule has 1 aromatic heterocycles. The molecule has 3 heterocycles. The fraction of sp³-hybridized carbons (Fsp3) is 0.480. The van der Waals surface area contributed by atoms with Gasteiger partial charge in [0, 0.05) is 38.8 Å². The molecule has 0 aliphatic carbocycles. The summed E-state index contributed by atoms with van der Waals surface area (Å²) < 4.78 is 1.63. The molecule has 2 aliphatic rings. The van der Waals surface area contributed by atoms with Gasteiger partial charge in [-0.1, -0.05) is 37.3 Å². The smallest absolute Gasteiger partial charge is 0.263 e. The van der Waals surface area contributed by atoms with Crippen LogP contribution in [0.25, 0.3) is 0 Å². The zero-order valence-corrected chi connectivity index (χ0v) is 18.6. The van der Waals surface area contributed by atoms with Crippen molar-refractivity contribution in [3.63, 3.8) is 0 Å². The molecule has 4 rings (SSSR count). The number of hydrogen-bond donors (Lipinski definition) is 1. The minimum atomic E-state index is -0.285. The molecule has 1 atom stereocenters. The number of aliphatic hydroxyl groups is 1. The third-order valence-corrected chi connectivity index (χ3v) is 6.67. The summed E-state index contributed by atoms with van der Waals surface area (Å²) in [5, 5.41) is 9.71. The van der Waals surface area contributed by atoms with Gasteiger partial charge in [-0.2, -0.15) is 0 Å². The topological polar surface area (TPSA) is 82.9 Å². The molecule has 1 fully saturated rings. The quantitative estimate of drug-likeness (QED) is 0.749. The summed E-state index contributed by atoms with van der Waals surface area (Å²) in [5.74, 6) is -0.211. The number of pyridine rings is 1. The van der Waals surface area contributed by atoms with E-state index < -0.39 is 0 Å². The lowest BCUT2D eigenvalue weighted by Gasteiger charge is -2.31. The maximum atomic E-state index is 13.5. The summed E-state index contributed by atoms with van der Waals surface area (Å²) >= 11 is 0. The van der Waals surface area contributed by atoms with E-state index in [9.17, 15) is 19.5 Å². The first kappa shape index (κ1) is 22.3. The number of aryl methyl sites for hydroxylation is 2. The number of hydrogen-bond acceptors (Lipinski definition) is 4. The van der Waals surface area contributed by atoms with Crippen molar-refractivity contribution in [2.24, 2.45) is 0 Å². The lowest BCUT2D eigenvalue weighted by molar-refractivity contribution is -0.131. The molecule has 2 amide bonds. The molecule has 2 aliphatic heterocycles. The Bertz CT molecular complexity index is 1050. The summed E-state index contributed by atoms with van der Waals surface area (Å²) in [6.45, 7) is 3.69. The molecule has 0 spiro atoms. The highest BCUT2D eigenvalue weighted by Crippen LogP contribution is 2.25. The van der Waals surface area contributed by atoms with E-state index in [0.29, 0.717) is 45.4 Å². The van der Waals surface area contributed by atoms with Crippen molar-refractivity contribution in [1.29, 1.82) is 0 Å². The van der Waals surface area contributed by atoms with Gasteiger partial charge in [-0.05, 0) is 42.4 Å². The molecule has 0 saturated carbocycles. The number of likely N-dealkylation sites (tertiary alicyclic amines) is 1. The van der Waals surface area contributed by atoms with E-state index in [1.807, 2.05) is 43.5 Å². The van der Waals surface area contributed by atoms with E-state index >= 15 is 0 Å². The average molecular weight is 438 g/mol. The van der Waals surface area contributed by atoms with Gasteiger partial charge in [0.25, 0.3) is 11.5 Å². The Labute approximate surface area is 188 Å². The molecule has 0 radical (unpaired) electrons. The Morgan fingerprint density at radius 2 is 1.94 bits per heavy atom. The van der Waals surface area contributed by atoms with Crippen LogP contribution in [0.1, 0.15) is 53.2 Å². The Balaban J connectivity index is 1.72. The molecule has 2 aromatic rings. The molecule has 0 bridgehead atoms. The van der Waals surface area contributed by atoms with E-state index in [-0.39, 0.29) is 35.6 Å². The van der Waals surface area contributed by atoms with Crippen LogP contribution < -0.4 is 5.56 Å². The van der Waals surface area contributed by atoms with Crippen molar-refractivity contribution >= 4 is 11.8 Å². The number of amides is 2. The third kappa shape index (κ3) is 4.35. The van der Waals surface area contributed by atoms with Crippen LogP contribution in [0.4, 0.5) is 0 Å². The van der Waals surface area contributed by atoms with Crippen LogP contribution in [-0.2, 0) is 30.7 Å². The molecule has 1 N–H and O–H groups in total. The molecule has 32 heavy (non-hydrogen) atoms. The number of nitrogens with zero attached hydrogens (tertiary/aromatic N) is 3. The first-order valence-electron chi connectivity index (χ1n) is 11.5. The van der Waals surface area contributed by atoms with E-state index in [1.54, 1.807) is 14.4 Å². The molecule has 0 unspecified atom stereocenters. The standard InChI is InChI=1S/C25H31N3O4/c1-2-22(30)26-14-11-21-19(15-26)16-27(13-10-18-7-4-3-5-8-18)24(31)23(21)25(32)28-12-6-9-20(28)17-29/h3-5,7-8,16,20,29H,2,6,9-15,17H2,1H3/t20-/m1/s1. The fourth-order valence-electron chi connectivity index (χ4n) is 4.87. The summed E-state index contributed by atoms with van der Waals surface area (Å²) in [5.41, 5.74) is 2.70. The lowest BCUT2D eigenvalue weighted by Crippen LogP contribution is -2.44. The van der Waals surface area contributed by atoms with Crippen LogP contribution in [0, 0.1) is 0 Å². The Hall–Kier alpha value is -2.93. The normalized spacial score (nSPS) is 18.0. The summed E-state index contributed by atoms with van der Waals surface area (Å²) in [6.07, 6.45) is 5.01. The molecular weight excluding hydrogens is 406 g/mol. The number of aliphatic hydroxyl groups excluding tert-OH is 1. The van der Waals surface area contributed by atoms with Gasteiger partial charge in [0.2, 0.25) is 5.91 Å². The van der Waals surface area contributed by atoms with E-state index in [0.717, 1.165) is 29.5 Å². The minimum Gasteiger partial charge on any atom is -0.394 e. The minimum absolute atomic E-state index is 0.0745. The van der Waals surface area contributed by atoms with Crippen LogP contribution >= 0.6 is 0 Å². The lowest BCUT2D eigenvalue weighted by atomic mass is 9.95. The van der Waals surface area contributed by atoms with E-state index in [4.69, 9.17) is 0 Å². The van der Waals surface area contributed by atoms with Crippen LogP contribution in [0.15, 0.2) is 41.3 Å². The van der Waals surface area contributed by atoms with Crippen molar-refractivity contribution in [3.05, 3.63) is 69.1 Å². The summed E-state index contributed by atoms with van der Waals surface area (Å²) in [4.78, 5) is 42.8. The van der Waals surface area contributed by atoms with E-state index in [2.05, 4.69) is 0 Å². The van der Waals surface area contributed by atoms with Gasteiger partial charge >= 0.3 is 0 Å². The first-order valence-corrected chi connectivity index (χ1v) is 11.5. The first-order chi connectivity index (χ1) is 15.5. The molecule has 7 heteroatoms. The molecule has 7 nitrogen and oxygen atoms in total. The fourth-order valence-corrected chi connectivity index (χ4v) is 4.87. The predicted octanol–water partition coefficient (Wildman–Crippen LogP) is 1.98. The van der Waals surface area contributed by atoms with Crippen LogP contribution in [0.5, 0.6) is 0 Å². The second-order valence-corrected chi connectivity index (χ2v) is 8.64. The molecule has 1 aromatic carbocycles. The second-order valence-electron chi connectivity index (χ2n) is 8.64. The number of carbonyl (C=O) groups is 2. The van der Waals surface area contributed by atoms with Crippen molar-refractivity contribution < 1.29 is 14.7 Å². The molecular formula is C25H31N3O4. The second kappa shape index (κ2) is 9.69. The highest BCUT2D eigenvalue weighted by atomic mass is 16.3. The van der Waals surface area contributed by atoms with Gasteiger partial charge in [-0.3, -0.25) is 14.4 Å².